The number of ether oxygens (including phenoxy) is 2. The molecule has 0 aromatic heterocycles. The van der Waals surface area contributed by atoms with E-state index in [0.717, 1.165) is 36.4 Å². The van der Waals surface area contributed by atoms with Crippen LogP contribution in [0.3, 0.4) is 0 Å². The summed E-state index contributed by atoms with van der Waals surface area (Å²) in [5.41, 5.74) is 2.64. The first-order valence-corrected chi connectivity index (χ1v) is 10.2. The molecule has 1 aliphatic heterocycles. The summed E-state index contributed by atoms with van der Waals surface area (Å²) in [7, 11) is 1.61. The van der Waals surface area contributed by atoms with Gasteiger partial charge in [-0.25, -0.2) is 4.99 Å². The number of hydrogen-bond acceptors (Lipinski definition) is 5. The van der Waals surface area contributed by atoms with Crippen molar-refractivity contribution >= 4 is 29.1 Å². The van der Waals surface area contributed by atoms with Gasteiger partial charge in [0.25, 0.3) is 5.91 Å². The van der Waals surface area contributed by atoms with E-state index in [0.29, 0.717) is 23.8 Å². The van der Waals surface area contributed by atoms with E-state index in [1.165, 1.54) is 6.92 Å². The Bertz CT molecular complexity index is 951. The first kappa shape index (κ1) is 22.3. The van der Waals surface area contributed by atoms with E-state index in [-0.39, 0.29) is 17.9 Å². The molecule has 31 heavy (non-hydrogen) atoms. The minimum atomic E-state index is -0.335. The van der Waals surface area contributed by atoms with Gasteiger partial charge in [0.1, 0.15) is 5.75 Å². The maximum Gasteiger partial charge on any atom is 0.258 e. The minimum Gasteiger partial charge on any atom is -0.497 e. The van der Waals surface area contributed by atoms with Gasteiger partial charge in [0.15, 0.2) is 0 Å². The molecule has 2 amide bonds. The third-order valence-electron chi connectivity index (χ3n) is 4.87. The number of guanidine groups is 1. The van der Waals surface area contributed by atoms with Crippen molar-refractivity contribution in [2.24, 2.45) is 4.99 Å². The van der Waals surface area contributed by atoms with Crippen LogP contribution in [0.25, 0.3) is 0 Å². The van der Waals surface area contributed by atoms with E-state index >= 15 is 0 Å². The Labute approximate surface area is 182 Å². The third kappa shape index (κ3) is 6.55. The van der Waals surface area contributed by atoms with Gasteiger partial charge in [0.05, 0.1) is 19.8 Å². The van der Waals surface area contributed by atoms with Crippen molar-refractivity contribution in [1.29, 1.82) is 0 Å². The summed E-state index contributed by atoms with van der Waals surface area (Å²) in [6.07, 6.45) is 2.02. The smallest absolute Gasteiger partial charge is 0.258 e. The average Bonchev–Trinajstić information content (AvgIpc) is 3.27. The highest BCUT2D eigenvalue weighted by Crippen LogP contribution is 2.18. The number of benzene rings is 2. The van der Waals surface area contributed by atoms with Gasteiger partial charge in [-0.05, 0) is 61.7 Å². The van der Waals surface area contributed by atoms with Crippen LogP contribution in [0.4, 0.5) is 11.4 Å². The second kappa shape index (κ2) is 10.6. The van der Waals surface area contributed by atoms with Crippen LogP contribution in [0.5, 0.6) is 5.75 Å². The number of carbonyl (C=O) groups is 2. The van der Waals surface area contributed by atoms with E-state index in [1.54, 1.807) is 25.3 Å². The van der Waals surface area contributed by atoms with E-state index in [2.05, 4.69) is 20.9 Å². The predicted molar refractivity (Wildman–Crippen MR) is 121 cm³/mol. The van der Waals surface area contributed by atoms with Gasteiger partial charge in [0, 0.05) is 30.5 Å². The van der Waals surface area contributed by atoms with Gasteiger partial charge in [-0.1, -0.05) is 6.07 Å². The molecule has 1 heterocycles. The maximum atomic E-state index is 12.9. The number of nitrogens with one attached hydrogen (secondary N) is 3. The highest BCUT2D eigenvalue weighted by molar-refractivity contribution is 6.10. The second-order valence-electron chi connectivity index (χ2n) is 7.34. The number of rotatable bonds is 6. The minimum absolute atomic E-state index is 0.0512. The number of aliphatic imine (C=N–C) groups is 1. The summed E-state index contributed by atoms with van der Waals surface area (Å²) < 4.78 is 10.8. The van der Waals surface area contributed by atoms with Crippen LogP contribution in [0.15, 0.2) is 47.5 Å². The number of nitrogens with zero attached hydrogens (tertiary/aromatic N) is 1. The van der Waals surface area contributed by atoms with E-state index in [1.807, 2.05) is 31.2 Å². The van der Waals surface area contributed by atoms with E-state index < -0.39 is 0 Å². The summed E-state index contributed by atoms with van der Waals surface area (Å²) in [5.74, 6) is 0.532. The molecule has 8 nitrogen and oxygen atoms in total. The Balaban J connectivity index is 1.77. The van der Waals surface area contributed by atoms with E-state index in [9.17, 15) is 9.59 Å². The summed E-state index contributed by atoms with van der Waals surface area (Å²) in [6, 6.07) is 12.5. The van der Waals surface area contributed by atoms with Crippen LogP contribution < -0.4 is 20.7 Å². The molecule has 1 atom stereocenters. The van der Waals surface area contributed by atoms with Gasteiger partial charge >= 0.3 is 0 Å². The van der Waals surface area contributed by atoms with Crippen LogP contribution >= 0.6 is 0 Å². The lowest BCUT2D eigenvalue weighted by Gasteiger charge is -2.14. The molecule has 0 saturated carbocycles. The highest BCUT2D eigenvalue weighted by atomic mass is 16.5. The van der Waals surface area contributed by atoms with Crippen molar-refractivity contribution in [3.8, 4) is 5.75 Å². The maximum absolute atomic E-state index is 12.9. The predicted octanol–water partition coefficient (Wildman–Crippen LogP) is 3.34. The third-order valence-corrected chi connectivity index (χ3v) is 4.87. The topological polar surface area (TPSA) is 101 Å². The molecule has 8 heteroatoms. The van der Waals surface area contributed by atoms with Crippen molar-refractivity contribution in [3.63, 3.8) is 0 Å². The summed E-state index contributed by atoms with van der Waals surface area (Å²) >= 11 is 0. The quantitative estimate of drug-likeness (QED) is 0.488. The Morgan fingerprint density at radius 1 is 1.16 bits per heavy atom. The van der Waals surface area contributed by atoms with Crippen molar-refractivity contribution in [2.75, 3.05) is 30.9 Å². The molecule has 1 fully saturated rings. The first-order chi connectivity index (χ1) is 14.9. The molecular weight excluding hydrogens is 396 g/mol. The average molecular weight is 425 g/mol. The fraction of sp³-hybridized carbons (Fsp3) is 0.348. The molecule has 1 aliphatic rings. The molecule has 1 saturated heterocycles. The SMILES string of the molecule is COc1ccc(NC(=NC[C@H]2CCCO2)NC(=O)c2ccc(C)c(NC(C)=O)c2)cc1. The number of methoxy groups -OCH3 is 1. The number of anilines is 2. The lowest BCUT2D eigenvalue weighted by molar-refractivity contribution is -0.114. The van der Waals surface area contributed by atoms with Crippen molar-refractivity contribution in [1.82, 2.24) is 5.32 Å². The largest absolute Gasteiger partial charge is 0.497 e. The molecule has 3 rings (SSSR count). The molecule has 0 bridgehead atoms. The van der Waals surface area contributed by atoms with Crippen molar-refractivity contribution < 1.29 is 19.1 Å². The summed E-state index contributed by atoms with van der Waals surface area (Å²) in [4.78, 5) is 28.9. The van der Waals surface area contributed by atoms with Gasteiger partial charge < -0.3 is 20.1 Å². The van der Waals surface area contributed by atoms with Crippen molar-refractivity contribution in [2.45, 2.75) is 32.8 Å². The fourth-order valence-electron chi connectivity index (χ4n) is 3.17. The zero-order valence-corrected chi connectivity index (χ0v) is 18.0. The van der Waals surface area contributed by atoms with Gasteiger partial charge in [-0.2, -0.15) is 0 Å². The lowest BCUT2D eigenvalue weighted by atomic mass is 10.1. The number of carbonyl (C=O) groups excluding carboxylic acids is 2. The van der Waals surface area contributed by atoms with Gasteiger partial charge in [-0.15, -0.1) is 0 Å². The van der Waals surface area contributed by atoms with Crippen LogP contribution in [-0.4, -0.2) is 44.1 Å². The second-order valence-corrected chi connectivity index (χ2v) is 7.34. The summed E-state index contributed by atoms with van der Waals surface area (Å²) in [5, 5.41) is 8.73. The van der Waals surface area contributed by atoms with Crippen LogP contribution in [0.2, 0.25) is 0 Å². The normalized spacial score (nSPS) is 16.0. The molecule has 0 spiro atoms. The number of aryl methyl sites for hydroxylation is 1. The Morgan fingerprint density at radius 2 is 1.94 bits per heavy atom. The highest BCUT2D eigenvalue weighted by Gasteiger charge is 2.16. The molecule has 0 unspecified atom stereocenters. The molecule has 164 valence electrons. The van der Waals surface area contributed by atoms with Gasteiger partial charge in [0.2, 0.25) is 11.9 Å². The molecular formula is C23H28N4O4. The number of hydrogen-bond donors (Lipinski definition) is 3. The van der Waals surface area contributed by atoms with E-state index in [4.69, 9.17) is 9.47 Å². The van der Waals surface area contributed by atoms with Crippen LogP contribution in [-0.2, 0) is 9.53 Å². The first-order valence-electron chi connectivity index (χ1n) is 10.2. The Hall–Kier alpha value is -3.39. The number of amides is 2. The molecule has 2 aromatic rings. The van der Waals surface area contributed by atoms with Crippen LogP contribution in [0.1, 0.15) is 35.7 Å². The molecule has 0 aliphatic carbocycles. The monoisotopic (exact) mass is 424 g/mol. The van der Waals surface area contributed by atoms with Crippen molar-refractivity contribution in [3.05, 3.63) is 53.6 Å². The Kier molecular flexibility index (Phi) is 7.61. The molecule has 2 aromatic carbocycles. The zero-order valence-electron chi connectivity index (χ0n) is 18.0. The zero-order chi connectivity index (χ0) is 22.2. The lowest BCUT2D eigenvalue weighted by Crippen LogP contribution is -2.36. The van der Waals surface area contributed by atoms with Crippen LogP contribution in [0, 0.1) is 6.92 Å². The standard InChI is InChI=1S/C23H28N4O4/c1-15-6-7-17(13-21(15)25-16(2)28)22(29)27-23(24-14-20-5-4-12-31-20)26-18-8-10-19(30-3)11-9-18/h6-11,13,20H,4-5,12,14H2,1-3H3,(H,25,28)(H2,24,26,27,29)/t20-/m1/s1. The molecule has 0 radical (unpaired) electrons. The fourth-order valence-corrected chi connectivity index (χ4v) is 3.17. The summed E-state index contributed by atoms with van der Waals surface area (Å²) in [6.45, 7) is 4.49. The van der Waals surface area contributed by atoms with Gasteiger partial charge in [-0.3, -0.25) is 14.9 Å². The molecule has 3 N–H and O–H groups in total. The Morgan fingerprint density at radius 3 is 2.58 bits per heavy atom.